The predicted molar refractivity (Wildman–Crippen MR) is 124 cm³/mol. The van der Waals surface area contributed by atoms with Crippen molar-refractivity contribution >= 4 is 17.4 Å². The van der Waals surface area contributed by atoms with Crippen molar-refractivity contribution < 1.29 is 9.18 Å². The first-order valence-electron chi connectivity index (χ1n) is 11.5. The van der Waals surface area contributed by atoms with Gasteiger partial charge in [0.2, 0.25) is 5.91 Å². The molecule has 1 atom stereocenters. The molecule has 0 spiro atoms. The largest absolute Gasteiger partial charge is 0.368 e. The number of imidazole rings is 1. The number of aryl methyl sites for hydroxylation is 1. The summed E-state index contributed by atoms with van der Waals surface area (Å²) in [5, 5.41) is 8.79. The molecule has 0 radical (unpaired) electrons. The van der Waals surface area contributed by atoms with Gasteiger partial charge >= 0.3 is 0 Å². The molecule has 2 aliphatic rings. The van der Waals surface area contributed by atoms with E-state index < -0.39 is 0 Å². The monoisotopic (exact) mass is 449 g/mol. The summed E-state index contributed by atoms with van der Waals surface area (Å²) >= 11 is 0. The highest BCUT2D eigenvalue weighted by atomic mass is 19.1. The highest BCUT2D eigenvalue weighted by molar-refractivity contribution is 5.80. The number of amides is 1. The third kappa shape index (κ3) is 4.53. The van der Waals surface area contributed by atoms with Crippen LogP contribution in [0.4, 0.5) is 15.9 Å². The quantitative estimate of drug-likeness (QED) is 0.610. The van der Waals surface area contributed by atoms with Crippen molar-refractivity contribution in [1.29, 1.82) is 0 Å². The maximum absolute atomic E-state index is 13.2. The van der Waals surface area contributed by atoms with E-state index in [9.17, 15) is 9.18 Å². The number of hydrogen-bond acceptors (Lipinski definition) is 6. The molecule has 1 amide bonds. The van der Waals surface area contributed by atoms with Gasteiger partial charge in [0.1, 0.15) is 11.6 Å². The number of piperidine rings is 1. The van der Waals surface area contributed by atoms with Crippen LogP contribution in [0, 0.1) is 18.7 Å². The van der Waals surface area contributed by atoms with Gasteiger partial charge in [0.25, 0.3) is 0 Å². The van der Waals surface area contributed by atoms with Crippen LogP contribution in [0.5, 0.6) is 0 Å². The number of halogens is 1. The van der Waals surface area contributed by atoms with Gasteiger partial charge in [0.05, 0.1) is 5.92 Å². The second-order valence-electron chi connectivity index (χ2n) is 8.67. The van der Waals surface area contributed by atoms with Gasteiger partial charge < -0.3 is 14.7 Å². The summed E-state index contributed by atoms with van der Waals surface area (Å²) in [6, 6.07) is 10.5. The van der Waals surface area contributed by atoms with E-state index in [1.807, 2.05) is 34.7 Å². The molecule has 8 nitrogen and oxygen atoms in total. The van der Waals surface area contributed by atoms with E-state index in [4.69, 9.17) is 0 Å². The number of aromatic nitrogens is 4. The van der Waals surface area contributed by atoms with Crippen LogP contribution in [-0.2, 0) is 4.79 Å². The minimum absolute atomic E-state index is 0.0338. The molecule has 0 aliphatic carbocycles. The van der Waals surface area contributed by atoms with Crippen molar-refractivity contribution in [2.45, 2.75) is 19.8 Å². The molecular formula is C24H28FN7O. The van der Waals surface area contributed by atoms with Gasteiger partial charge in [0.15, 0.2) is 11.6 Å². The third-order valence-electron chi connectivity index (χ3n) is 6.59. The second kappa shape index (κ2) is 9.17. The average Bonchev–Trinajstić information content (AvgIpc) is 3.30. The minimum Gasteiger partial charge on any atom is -0.368 e. The van der Waals surface area contributed by atoms with E-state index in [2.05, 4.69) is 25.0 Å². The molecule has 9 heteroatoms. The number of hydrogen-bond donors (Lipinski definition) is 0. The lowest BCUT2D eigenvalue weighted by atomic mass is 9.96. The maximum Gasteiger partial charge on any atom is 0.227 e. The summed E-state index contributed by atoms with van der Waals surface area (Å²) in [6.07, 6.45) is 5.46. The minimum atomic E-state index is -0.231. The van der Waals surface area contributed by atoms with Crippen molar-refractivity contribution in [2.75, 3.05) is 49.1 Å². The average molecular weight is 450 g/mol. The lowest BCUT2D eigenvalue weighted by Crippen LogP contribution is -2.52. The number of piperazine rings is 1. The molecule has 1 unspecified atom stereocenters. The van der Waals surface area contributed by atoms with E-state index in [1.54, 1.807) is 18.3 Å². The van der Waals surface area contributed by atoms with E-state index >= 15 is 0 Å². The highest BCUT2D eigenvalue weighted by Gasteiger charge is 2.31. The fourth-order valence-corrected chi connectivity index (χ4v) is 4.72. The van der Waals surface area contributed by atoms with E-state index in [0.717, 1.165) is 55.6 Å². The summed E-state index contributed by atoms with van der Waals surface area (Å²) in [4.78, 5) is 23.8. The Morgan fingerprint density at radius 2 is 1.67 bits per heavy atom. The Morgan fingerprint density at radius 3 is 2.33 bits per heavy atom. The van der Waals surface area contributed by atoms with Crippen molar-refractivity contribution in [3.8, 4) is 5.82 Å². The molecule has 0 saturated carbocycles. The van der Waals surface area contributed by atoms with Crippen LogP contribution in [0.1, 0.15) is 18.7 Å². The Bertz CT molecular complexity index is 1090. The SMILES string of the molecule is Cc1nccn1-c1ccc(N2CCCC(C(=O)N3CCN(c4ccc(F)cc4)CC3)C2)nn1. The lowest BCUT2D eigenvalue weighted by molar-refractivity contribution is -0.136. The summed E-state index contributed by atoms with van der Waals surface area (Å²) in [5.74, 6) is 2.35. The normalized spacial score (nSPS) is 19.1. The van der Waals surface area contributed by atoms with Crippen molar-refractivity contribution in [1.82, 2.24) is 24.6 Å². The second-order valence-corrected chi connectivity index (χ2v) is 8.67. The Balaban J connectivity index is 1.19. The molecule has 2 saturated heterocycles. The van der Waals surface area contributed by atoms with Crippen LogP contribution in [0.15, 0.2) is 48.8 Å². The zero-order valence-electron chi connectivity index (χ0n) is 18.8. The Morgan fingerprint density at radius 1 is 0.939 bits per heavy atom. The zero-order chi connectivity index (χ0) is 22.8. The fraction of sp³-hybridized carbons (Fsp3) is 0.417. The molecule has 5 rings (SSSR count). The summed E-state index contributed by atoms with van der Waals surface area (Å²) < 4.78 is 15.1. The number of anilines is 2. The van der Waals surface area contributed by atoms with Crippen LogP contribution >= 0.6 is 0 Å². The molecule has 4 heterocycles. The van der Waals surface area contributed by atoms with E-state index in [-0.39, 0.29) is 17.6 Å². The molecule has 33 heavy (non-hydrogen) atoms. The first-order chi connectivity index (χ1) is 16.1. The number of rotatable bonds is 4. The predicted octanol–water partition coefficient (Wildman–Crippen LogP) is 2.68. The van der Waals surface area contributed by atoms with Crippen molar-refractivity contribution in [2.24, 2.45) is 5.92 Å². The molecule has 2 fully saturated rings. The first kappa shape index (κ1) is 21.4. The van der Waals surface area contributed by atoms with Gasteiger partial charge in [-0.25, -0.2) is 9.37 Å². The van der Waals surface area contributed by atoms with Gasteiger partial charge in [0, 0.05) is 57.3 Å². The fourth-order valence-electron chi connectivity index (χ4n) is 4.72. The van der Waals surface area contributed by atoms with Gasteiger partial charge in [-0.1, -0.05) is 0 Å². The molecule has 1 aromatic carbocycles. The summed E-state index contributed by atoms with van der Waals surface area (Å²) in [7, 11) is 0. The van der Waals surface area contributed by atoms with Crippen LogP contribution in [0.3, 0.4) is 0 Å². The molecule has 172 valence electrons. The Kier molecular flexibility index (Phi) is 5.93. The molecule has 0 bridgehead atoms. The lowest BCUT2D eigenvalue weighted by Gasteiger charge is -2.40. The topological polar surface area (TPSA) is 70.4 Å². The Labute approximate surface area is 192 Å². The van der Waals surface area contributed by atoms with Gasteiger partial charge in [-0.3, -0.25) is 9.36 Å². The smallest absolute Gasteiger partial charge is 0.227 e. The highest BCUT2D eigenvalue weighted by Crippen LogP contribution is 2.25. The van der Waals surface area contributed by atoms with Gasteiger partial charge in [-0.15, -0.1) is 10.2 Å². The molecule has 2 aromatic heterocycles. The summed E-state index contributed by atoms with van der Waals surface area (Å²) in [6.45, 7) is 6.35. The van der Waals surface area contributed by atoms with Gasteiger partial charge in [-0.2, -0.15) is 0 Å². The Hall–Kier alpha value is -3.49. The summed E-state index contributed by atoms with van der Waals surface area (Å²) in [5.41, 5.74) is 1.00. The van der Waals surface area contributed by atoms with Crippen LogP contribution in [0.2, 0.25) is 0 Å². The van der Waals surface area contributed by atoms with Crippen LogP contribution in [0.25, 0.3) is 5.82 Å². The van der Waals surface area contributed by atoms with Crippen molar-refractivity contribution in [3.05, 3.63) is 60.4 Å². The van der Waals surface area contributed by atoms with Crippen LogP contribution < -0.4 is 9.80 Å². The van der Waals surface area contributed by atoms with E-state index in [1.165, 1.54) is 12.1 Å². The number of nitrogens with zero attached hydrogens (tertiary/aromatic N) is 7. The molecule has 3 aromatic rings. The third-order valence-corrected chi connectivity index (χ3v) is 6.59. The number of carbonyl (C=O) groups is 1. The van der Waals surface area contributed by atoms with Gasteiger partial charge in [-0.05, 0) is 56.2 Å². The standard InChI is InChI=1S/C24H28FN7O/c1-18-26-10-12-32(18)23-9-8-22(27-28-23)31-11-2-3-19(17-31)24(33)30-15-13-29(14-16-30)21-6-4-20(25)5-7-21/h4-10,12,19H,2-3,11,13-17H2,1H3. The molecule has 0 N–H and O–H groups in total. The number of benzene rings is 1. The molecule has 2 aliphatic heterocycles. The first-order valence-corrected chi connectivity index (χ1v) is 11.5. The van der Waals surface area contributed by atoms with Crippen molar-refractivity contribution in [3.63, 3.8) is 0 Å². The zero-order valence-corrected chi connectivity index (χ0v) is 18.8. The maximum atomic E-state index is 13.2. The molecular weight excluding hydrogens is 421 g/mol. The van der Waals surface area contributed by atoms with E-state index in [0.29, 0.717) is 19.6 Å². The van der Waals surface area contributed by atoms with Crippen LogP contribution in [-0.4, -0.2) is 69.8 Å². The number of carbonyl (C=O) groups excluding carboxylic acids is 1.